The van der Waals surface area contributed by atoms with Crippen molar-refractivity contribution in [2.45, 2.75) is 12.8 Å². The molecule has 4 heteroatoms. The molecule has 0 saturated heterocycles. The van der Waals surface area contributed by atoms with Crippen molar-refractivity contribution in [3.63, 3.8) is 0 Å². The molecular weight excluding hydrogens is 178 g/mol. The first-order chi connectivity index (χ1) is 6.75. The van der Waals surface area contributed by atoms with E-state index in [1.165, 1.54) is 12.0 Å². The molecule has 2 rings (SSSR count). The van der Waals surface area contributed by atoms with Gasteiger partial charge in [-0.15, -0.1) is 0 Å². The zero-order valence-electron chi connectivity index (χ0n) is 7.81. The molecule has 0 aliphatic heterocycles. The Balaban J connectivity index is 1.90. The number of allylic oxidation sites excluding steroid dienone is 4. The summed E-state index contributed by atoms with van der Waals surface area (Å²) in [5.41, 5.74) is 8.41. The van der Waals surface area contributed by atoms with Crippen LogP contribution >= 0.6 is 0 Å². The molecule has 2 aliphatic rings. The van der Waals surface area contributed by atoms with Gasteiger partial charge in [0.05, 0.1) is 0 Å². The van der Waals surface area contributed by atoms with Gasteiger partial charge in [0.1, 0.15) is 0 Å². The van der Waals surface area contributed by atoms with Crippen molar-refractivity contribution in [2.24, 2.45) is 22.7 Å². The number of fused-ring (bicyclic) bond motifs is 2. The molecule has 1 saturated carbocycles. The second-order valence-corrected chi connectivity index (χ2v) is 3.69. The Bertz CT molecular complexity index is 330. The minimum absolute atomic E-state index is 0.597. The Kier molecular flexibility index (Phi) is 2.35. The van der Waals surface area contributed by atoms with Crippen molar-refractivity contribution < 1.29 is 4.79 Å². The third-order valence-electron chi connectivity index (χ3n) is 2.68. The van der Waals surface area contributed by atoms with E-state index in [9.17, 15) is 4.79 Å². The molecule has 14 heavy (non-hydrogen) atoms. The van der Waals surface area contributed by atoms with E-state index in [4.69, 9.17) is 5.73 Å². The molecule has 0 aromatic carbocycles. The first-order valence-corrected chi connectivity index (χ1v) is 4.71. The van der Waals surface area contributed by atoms with Gasteiger partial charge in [0.15, 0.2) is 0 Å². The molecule has 1 fully saturated rings. The topological polar surface area (TPSA) is 67.5 Å². The largest absolute Gasteiger partial charge is 0.350 e. The Hall–Kier alpha value is -1.58. The average Bonchev–Trinajstić information content (AvgIpc) is 2.73. The van der Waals surface area contributed by atoms with Crippen LogP contribution in [0.4, 0.5) is 4.79 Å². The fourth-order valence-electron chi connectivity index (χ4n) is 2.08. The van der Waals surface area contributed by atoms with Gasteiger partial charge in [0, 0.05) is 6.21 Å². The van der Waals surface area contributed by atoms with Crippen LogP contribution in [-0.4, -0.2) is 12.2 Å². The highest BCUT2D eigenvalue weighted by Crippen LogP contribution is 2.42. The highest BCUT2D eigenvalue weighted by molar-refractivity contribution is 5.76. The van der Waals surface area contributed by atoms with Crippen LogP contribution in [0.5, 0.6) is 0 Å². The van der Waals surface area contributed by atoms with Gasteiger partial charge in [-0.1, -0.05) is 17.7 Å². The fourth-order valence-corrected chi connectivity index (χ4v) is 2.08. The number of nitrogens with two attached hydrogens (primary N) is 1. The summed E-state index contributed by atoms with van der Waals surface area (Å²) in [5, 5.41) is 3.67. The van der Waals surface area contributed by atoms with Gasteiger partial charge in [0.25, 0.3) is 0 Å². The third kappa shape index (κ3) is 1.84. The lowest BCUT2D eigenvalue weighted by molar-refractivity contribution is 0.249. The van der Waals surface area contributed by atoms with Crippen molar-refractivity contribution in [1.29, 1.82) is 0 Å². The summed E-state index contributed by atoms with van der Waals surface area (Å²) in [6, 6.07) is -0.632. The van der Waals surface area contributed by atoms with E-state index in [1.807, 2.05) is 6.08 Å². The summed E-state index contributed by atoms with van der Waals surface area (Å²) in [7, 11) is 0. The molecule has 2 unspecified atom stereocenters. The molecule has 2 bridgehead atoms. The number of carbonyl (C=O) groups is 1. The van der Waals surface area contributed by atoms with Crippen LogP contribution in [-0.2, 0) is 0 Å². The maximum Gasteiger partial charge on any atom is 0.332 e. The first kappa shape index (κ1) is 8.99. The van der Waals surface area contributed by atoms with Crippen LogP contribution in [0.1, 0.15) is 12.8 Å². The summed E-state index contributed by atoms with van der Waals surface area (Å²) in [4.78, 5) is 10.3. The average molecular weight is 191 g/mol. The zero-order chi connectivity index (χ0) is 9.97. The Morgan fingerprint density at radius 1 is 1.64 bits per heavy atom. The first-order valence-electron chi connectivity index (χ1n) is 4.71. The molecule has 2 atom stereocenters. The van der Waals surface area contributed by atoms with Gasteiger partial charge >= 0.3 is 6.03 Å². The molecule has 2 amide bonds. The van der Waals surface area contributed by atoms with E-state index >= 15 is 0 Å². The highest BCUT2D eigenvalue weighted by atomic mass is 16.2. The second-order valence-electron chi connectivity index (χ2n) is 3.69. The fraction of sp³-hybridized carbons (Fsp3) is 0.400. The number of nitrogens with one attached hydrogen (secondary N) is 1. The standard InChI is InChI=1S/C10H13N3O/c11-10(14)13-12-4-3-9-6-7-1-2-8(9)5-7/h1-4,7-8H,5-6H2,(H3,11,13,14)/b9-3+,12-4+. The lowest BCUT2D eigenvalue weighted by Gasteiger charge is -2.05. The van der Waals surface area contributed by atoms with E-state index in [-0.39, 0.29) is 0 Å². The molecule has 0 aromatic heterocycles. The van der Waals surface area contributed by atoms with Crippen molar-refractivity contribution in [2.75, 3.05) is 0 Å². The molecule has 0 radical (unpaired) electrons. The lowest BCUT2D eigenvalue weighted by Crippen LogP contribution is -2.24. The van der Waals surface area contributed by atoms with E-state index in [0.29, 0.717) is 5.92 Å². The summed E-state index contributed by atoms with van der Waals surface area (Å²) in [6.45, 7) is 0. The van der Waals surface area contributed by atoms with Crippen LogP contribution in [0.25, 0.3) is 0 Å². The smallest absolute Gasteiger partial charge is 0.332 e. The van der Waals surface area contributed by atoms with Gasteiger partial charge in [0.2, 0.25) is 0 Å². The van der Waals surface area contributed by atoms with E-state index < -0.39 is 6.03 Å². The van der Waals surface area contributed by atoms with Crippen molar-refractivity contribution >= 4 is 12.2 Å². The number of urea groups is 1. The summed E-state index contributed by atoms with van der Waals surface area (Å²) < 4.78 is 0. The molecule has 4 nitrogen and oxygen atoms in total. The van der Waals surface area contributed by atoms with Crippen molar-refractivity contribution in [3.8, 4) is 0 Å². The van der Waals surface area contributed by atoms with Crippen molar-refractivity contribution in [1.82, 2.24) is 5.43 Å². The molecule has 2 aliphatic carbocycles. The Labute approximate surface area is 82.5 Å². The minimum Gasteiger partial charge on any atom is -0.350 e. The molecule has 0 heterocycles. The third-order valence-corrected chi connectivity index (χ3v) is 2.68. The maximum absolute atomic E-state index is 10.3. The number of rotatable bonds is 2. The van der Waals surface area contributed by atoms with E-state index in [0.717, 1.165) is 12.3 Å². The van der Waals surface area contributed by atoms with Crippen LogP contribution in [0.2, 0.25) is 0 Å². The van der Waals surface area contributed by atoms with Crippen molar-refractivity contribution in [3.05, 3.63) is 23.8 Å². The number of hydrogen-bond acceptors (Lipinski definition) is 2. The Morgan fingerprint density at radius 2 is 2.50 bits per heavy atom. The summed E-state index contributed by atoms with van der Waals surface area (Å²) in [6.07, 6.45) is 10.4. The quantitative estimate of drug-likeness (QED) is 0.384. The van der Waals surface area contributed by atoms with E-state index in [2.05, 4.69) is 22.7 Å². The minimum atomic E-state index is -0.632. The SMILES string of the molecule is NC(=O)N/N=C/C=C1\CC2C=CC1C2. The van der Waals surface area contributed by atoms with Gasteiger partial charge in [-0.05, 0) is 30.8 Å². The van der Waals surface area contributed by atoms with Gasteiger partial charge in [-0.2, -0.15) is 5.10 Å². The van der Waals surface area contributed by atoms with E-state index in [1.54, 1.807) is 6.21 Å². The predicted molar refractivity (Wildman–Crippen MR) is 54.6 cm³/mol. The van der Waals surface area contributed by atoms with Crippen LogP contribution in [0.3, 0.4) is 0 Å². The molecular formula is C10H13N3O. The zero-order valence-corrected chi connectivity index (χ0v) is 7.81. The molecule has 3 N–H and O–H groups in total. The number of carbonyl (C=O) groups excluding carboxylic acids is 1. The van der Waals surface area contributed by atoms with Gasteiger partial charge in [-0.3, -0.25) is 0 Å². The number of primary amides is 1. The normalized spacial score (nSPS) is 31.9. The molecule has 0 aromatic rings. The number of hydrazone groups is 1. The van der Waals surface area contributed by atoms with Gasteiger partial charge < -0.3 is 5.73 Å². The molecule has 0 spiro atoms. The number of hydrogen-bond donors (Lipinski definition) is 2. The number of amides is 2. The second kappa shape index (κ2) is 3.65. The molecule has 74 valence electrons. The predicted octanol–water partition coefficient (Wildman–Crippen LogP) is 1.16. The summed E-state index contributed by atoms with van der Waals surface area (Å²) in [5.74, 6) is 1.32. The lowest BCUT2D eigenvalue weighted by atomic mass is 10.0. The maximum atomic E-state index is 10.3. The number of nitrogens with zero attached hydrogens (tertiary/aromatic N) is 1. The van der Waals surface area contributed by atoms with Crippen LogP contribution in [0.15, 0.2) is 28.9 Å². The monoisotopic (exact) mass is 191 g/mol. The Morgan fingerprint density at radius 3 is 3.07 bits per heavy atom. The van der Waals surface area contributed by atoms with Gasteiger partial charge in [-0.25, -0.2) is 10.2 Å². The summed E-state index contributed by atoms with van der Waals surface area (Å²) >= 11 is 0. The van der Waals surface area contributed by atoms with Crippen LogP contribution < -0.4 is 11.2 Å². The highest BCUT2D eigenvalue weighted by Gasteiger charge is 2.29. The van der Waals surface area contributed by atoms with Crippen LogP contribution in [0, 0.1) is 11.8 Å².